The van der Waals surface area contributed by atoms with Gasteiger partial charge in [0.15, 0.2) is 0 Å². The minimum absolute atomic E-state index is 0.0601. The van der Waals surface area contributed by atoms with E-state index in [-0.39, 0.29) is 18.0 Å². The van der Waals surface area contributed by atoms with Crippen LogP contribution in [0.15, 0.2) is 0 Å². The van der Waals surface area contributed by atoms with Gasteiger partial charge in [0.05, 0.1) is 18.1 Å². The molecule has 76 valence electrons. The lowest BCUT2D eigenvalue weighted by molar-refractivity contribution is -0.160. The van der Waals surface area contributed by atoms with Crippen LogP contribution in [0.4, 0.5) is 0 Å². The van der Waals surface area contributed by atoms with E-state index in [1.165, 1.54) is 6.42 Å². The summed E-state index contributed by atoms with van der Waals surface area (Å²) in [6.07, 6.45) is 5.44. The van der Waals surface area contributed by atoms with Crippen LogP contribution in [0.5, 0.6) is 0 Å². The van der Waals surface area contributed by atoms with E-state index in [1.807, 2.05) is 0 Å². The van der Waals surface area contributed by atoms with Crippen LogP contribution in [0, 0.1) is 17.8 Å². The maximum absolute atomic E-state index is 11.7. The highest BCUT2D eigenvalue weighted by molar-refractivity contribution is 5.74. The molecule has 0 aromatic heterocycles. The highest BCUT2D eigenvalue weighted by Crippen LogP contribution is 2.53. The third-order valence-corrected chi connectivity index (χ3v) is 4.52. The molecule has 6 atom stereocenters. The topological polar surface area (TPSA) is 38.8 Å². The van der Waals surface area contributed by atoms with Gasteiger partial charge in [0.1, 0.15) is 6.10 Å². The number of hydrogen-bond donors (Lipinski definition) is 0. The van der Waals surface area contributed by atoms with Crippen molar-refractivity contribution in [2.45, 2.75) is 44.0 Å². The van der Waals surface area contributed by atoms with Crippen LogP contribution in [0.3, 0.4) is 0 Å². The predicted octanol–water partition coefficient (Wildman–Crippen LogP) is 1.12. The number of ether oxygens (including phenoxy) is 2. The molecule has 4 aliphatic rings. The molecule has 14 heavy (non-hydrogen) atoms. The van der Waals surface area contributed by atoms with Gasteiger partial charge in [-0.15, -0.1) is 0 Å². The van der Waals surface area contributed by atoms with Crippen LogP contribution < -0.4 is 0 Å². The lowest BCUT2D eigenvalue weighted by Crippen LogP contribution is -2.33. The summed E-state index contributed by atoms with van der Waals surface area (Å²) in [7, 11) is 0. The summed E-state index contributed by atoms with van der Waals surface area (Å²) < 4.78 is 11.0. The van der Waals surface area contributed by atoms with Gasteiger partial charge in [0.2, 0.25) is 0 Å². The van der Waals surface area contributed by atoms with E-state index < -0.39 is 0 Å². The minimum atomic E-state index is 0.0601. The molecule has 0 N–H and O–H groups in total. The van der Waals surface area contributed by atoms with E-state index in [0.29, 0.717) is 24.0 Å². The maximum Gasteiger partial charge on any atom is 0.309 e. The smallest absolute Gasteiger partial charge is 0.309 e. The van der Waals surface area contributed by atoms with Gasteiger partial charge in [-0.3, -0.25) is 4.79 Å². The molecule has 2 saturated carbocycles. The minimum Gasteiger partial charge on any atom is -0.462 e. The zero-order valence-corrected chi connectivity index (χ0v) is 8.02. The first kappa shape index (κ1) is 7.69. The number of epoxide rings is 1. The molecule has 3 nitrogen and oxygen atoms in total. The van der Waals surface area contributed by atoms with Gasteiger partial charge in [-0.25, -0.2) is 0 Å². The van der Waals surface area contributed by atoms with Crippen LogP contribution in [0.25, 0.3) is 0 Å². The molecular formula is C11H14O3. The Morgan fingerprint density at radius 3 is 2.86 bits per heavy atom. The number of esters is 1. The average Bonchev–Trinajstić information content (AvgIpc) is 2.80. The summed E-state index contributed by atoms with van der Waals surface area (Å²) in [6.45, 7) is 0. The monoisotopic (exact) mass is 194 g/mol. The summed E-state index contributed by atoms with van der Waals surface area (Å²) in [5.41, 5.74) is 0. The van der Waals surface area contributed by atoms with Gasteiger partial charge in [-0.2, -0.15) is 0 Å². The average molecular weight is 194 g/mol. The highest BCUT2D eigenvalue weighted by atomic mass is 16.6. The molecule has 0 aromatic rings. The molecule has 2 aliphatic heterocycles. The number of rotatable bonds is 0. The van der Waals surface area contributed by atoms with E-state index in [0.717, 1.165) is 19.3 Å². The van der Waals surface area contributed by atoms with Crippen molar-refractivity contribution >= 4 is 5.97 Å². The van der Waals surface area contributed by atoms with Gasteiger partial charge in [0, 0.05) is 0 Å². The van der Waals surface area contributed by atoms with Gasteiger partial charge in [-0.1, -0.05) is 0 Å². The fraction of sp³-hybridized carbons (Fsp3) is 0.909. The molecule has 2 heterocycles. The van der Waals surface area contributed by atoms with Crippen LogP contribution in [0.1, 0.15) is 25.7 Å². The highest BCUT2D eigenvalue weighted by Gasteiger charge is 2.56. The second-order valence-corrected chi connectivity index (χ2v) is 5.25. The van der Waals surface area contributed by atoms with Gasteiger partial charge >= 0.3 is 5.97 Å². The predicted molar refractivity (Wildman–Crippen MR) is 47.5 cm³/mol. The second kappa shape index (κ2) is 2.32. The van der Waals surface area contributed by atoms with Crippen molar-refractivity contribution < 1.29 is 14.3 Å². The Morgan fingerprint density at radius 2 is 1.93 bits per heavy atom. The molecule has 2 saturated heterocycles. The number of fused-ring (bicyclic) bond motifs is 2. The molecule has 0 amide bonds. The third-order valence-electron chi connectivity index (χ3n) is 4.52. The number of carbonyl (C=O) groups excluding carboxylic acids is 1. The van der Waals surface area contributed by atoms with E-state index in [9.17, 15) is 4.79 Å². The molecule has 2 aliphatic carbocycles. The Morgan fingerprint density at radius 1 is 1.07 bits per heavy atom. The van der Waals surface area contributed by atoms with Gasteiger partial charge in [-0.05, 0) is 37.5 Å². The normalized spacial score (nSPS) is 58.7. The number of hydrogen-bond acceptors (Lipinski definition) is 3. The number of carbonyl (C=O) groups is 1. The van der Waals surface area contributed by atoms with Crippen molar-refractivity contribution in [2.75, 3.05) is 0 Å². The van der Waals surface area contributed by atoms with E-state index in [1.54, 1.807) is 0 Å². The van der Waals surface area contributed by atoms with E-state index >= 15 is 0 Å². The van der Waals surface area contributed by atoms with Crippen molar-refractivity contribution in [3.05, 3.63) is 0 Å². The molecule has 2 bridgehead atoms. The zero-order valence-electron chi connectivity index (χ0n) is 8.02. The zero-order chi connectivity index (χ0) is 9.28. The SMILES string of the molecule is O=C1O[C@H]2C[C@H]3C[C@@H]4O[C@@H]4C[C@@H]1[C@H]3C2. The lowest BCUT2D eigenvalue weighted by atomic mass is 9.82. The molecule has 0 radical (unpaired) electrons. The first-order valence-corrected chi connectivity index (χ1v) is 5.67. The Hall–Kier alpha value is -0.570. The Kier molecular flexibility index (Phi) is 1.28. The van der Waals surface area contributed by atoms with Crippen molar-refractivity contribution in [1.82, 2.24) is 0 Å². The summed E-state index contributed by atoms with van der Waals surface area (Å²) in [4.78, 5) is 11.7. The lowest BCUT2D eigenvalue weighted by Gasteiger charge is -2.28. The van der Waals surface area contributed by atoms with Crippen molar-refractivity contribution in [2.24, 2.45) is 17.8 Å². The van der Waals surface area contributed by atoms with Crippen molar-refractivity contribution in [3.8, 4) is 0 Å². The van der Waals surface area contributed by atoms with Crippen molar-refractivity contribution in [3.63, 3.8) is 0 Å². The summed E-state index contributed by atoms with van der Waals surface area (Å²) >= 11 is 0. The van der Waals surface area contributed by atoms with E-state index in [4.69, 9.17) is 9.47 Å². The van der Waals surface area contributed by atoms with Crippen molar-refractivity contribution in [1.29, 1.82) is 0 Å². The molecule has 0 aromatic carbocycles. The second-order valence-electron chi connectivity index (χ2n) is 5.25. The Balaban J connectivity index is 1.72. The first-order chi connectivity index (χ1) is 6.81. The molecule has 0 spiro atoms. The third kappa shape index (κ3) is 0.888. The van der Waals surface area contributed by atoms with Gasteiger partial charge in [0.25, 0.3) is 0 Å². The molecule has 4 rings (SSSR count). The Labute approximate surface area is 82.8 Å². The quantitative estimate of drug-likeness (QED) is 0.428. The molecular weight excluding hydrogens is 180 g/mol. The van der Waals surface area contributed by atoms with Crippen LogP contribution >= 0.6 is 0 Å². The molecule has 4 fully saturated rings. The fourth-order valence-corrected chi connectivity index (χ4v) is 3.80. The molecule has 3 heteroatoms. The summed E-state index contributed by atoms with van der Waals surface area (Å²) in [5.74, 6) is 1.55. The summed E-state index contributed by atoms with van der Waals surface area (Å²) in [5, 5.41) is 0. The van der Waals surface area contributed by atoms with Gasteiger partial charge < -0.3 is 9.47 Å². The Bertz CT molecular complexity index is 301. The standard InChI is InChI=1S/C11H14O3/c12-11-8-4-10-9(14-10)2-5-1-6(13-11)3-7(5)8/h5-10H,1-4H2/t5-,6-,7-,8+,9-,10+/m0/s1. The summed E-state index contributed by atoms with van der Waals surface area (Å²) in [6, 6.07) is 0. The largest absolute Gasteiger partial charge is 0.462 e. The first-order valence-electron chi connectivity index (χ1n) is 5.67. The molecule has 0 unspecified atom stereocenters. The fourth-order valence-electron chi connectivity index (χ4n) is 3.80. The van der Waals surface area contributed by atoms with E-state index in [2.05, 4.69) is 0 Å². The maximum atomic E-state index is 11.7. The van der Waals surface area contributed by atoms with Crippen LogP contribution in [-0.4, -0.2) is 24.3 Å². The van der Waals surface area contributed by atoms with Crippen LogP contribution in [0.2, 0.25) is 0 Å². The van der Waals surface area contributed by atoms with Crippen LogP contribution in [-0.2, 0) is 14.3 Å².